The van der Waals surface area contributed by atoms with Crippen LogP contribution in [-0.4, -0.2) is 15.8 Å². The predicted octanol–water partition coefficient (Wildman–Crippen LogP) is 2.02. The maximum Gasteiger partial charge on any atom is 0.168 e. The summed E-state index contributed by atoms with van der Waals surface area (Å²) in [6.07, 6.45) is 3.53. The van der Waals surface area contributed by atoms with Crippen molar-refractivity contribution in [3.63, 3.8) is 0 Å². The average molecular weight is 222 g/mol. The van der Waals surface area contributed by atoms with Crippen molar-refractivity contribution < 1.29 is 13.6 Å². The van der Waals surface area contributed by atoms with Gasteiger partial charge in [-0.1, -0.05) is 6.07 Å². The summed E-state index contributed by atoms with van der Waals surface area (Å²) in [5, 5.41) is 0. The molecule has 0 N–H and O–H groups in total. The van der Waals surface area contributed by atoms with Gasteiger partial charge in [0.25, 0.3) is 0 Å². The Kier molecular flexibility index (Phi) is 2.76. The number of hydrogen-bond acceptors (Lipinski definition) is 2. The molecule has 0 spiro atoms. The molecule has 0 saturated heterocycles. The minimum Gasteiger partial charge on any atom is -0.324 e. The van der Waals surface area contributed by atoms with E-state index in [0.29, 0.717) is 17.5 Å². The molecule has 3 nitrogen and oxygen atoms in total. The molecule has 0 atom stereocenters. The topological polar surface area (TPSA) is 34.9 Å². The van der Waals surface area contributed by atoms with Crippen LogP contribution < -0.4 is 0 Å². The second-order valence-electron chi connectivity index (χ2n) is 3.31. The second kappa shape index (κ2) is 4.22. The molecule has 16 heavy (non-hydrogen) atoms. The fourth-order valence-corrected chi connectivity index (χ4v) is 1.40. The van der Waals surface area contributed by atoms with Gasteiger partial charge in [-0.3, -0.25) is 4.79 Å². The first kappa shape index (κ1) is 10.5. The van der Waals surface area contributed by atoms with Crippen molar-refractivity contribution in [2.45, 2.75) is 6.54 Å². The number of aromatic nitrogens is 2. The lowest BCUT2D eigenvalue weighted by Gasteiger charge is -2.04. The molecule has 0 aliphatic carbocycles. The quantitative estimate of drug-likeness (QED) is 0.744. The average Bonchev–Trinajstić information content (AvgIpc) is 2.71. The highest BCUT2D eigenvalue weighted by molar-refractivity contribution is 5.71. The number of carbonyl (C=O) groups is 1. The molecular formula is C11H8F2N2O. The highest BCUT2D eigenvalue weighted by atomic mass is 19.2. The van der Waals surface area contributed by atoms with Crippen LogP contribution in [0.15, 0.2) is 30.7 Å². The van der Waals surface area contributed by atoms with Gasteiger partial charge in [0.15, 0.2) is 17.9 Å². The first-order chi connectivity index (χ1) is 7.70. The third-order valence-electron chi connectivity index (χ3n) is 2.20. The SMILES string of the molecule is O=Cc1cncn1Cc1ccc(F)c(F)c1. The molecule has 82 valence electrons. The van der Waals surface area contributed by atoms with Crippen LogP contribution in [0.2, 0.25) is 0 Å². The van der Waals surface area contributed by atoms with E-state index in [1.165, 1.54) is 18.6 Å². The standard InChI is InChI=1S/C11H8F2N2O/c12-10-2-1-8(3-11(10)13)5-15-7-14-4-9(15)6-16/h1-4,6-7H,5H2. The lowest BCUT2D eigenvalue weighted by atomic mass is 10.2. The molecule has 5 heteroatoms. The molecular weight excluding hydrogens is 214 g/mol. The summed E-state index contributed by atoms with van der Waals surface area (Å²) in [6.45, 7) is 0.283. The van der Waals surface area contributed by atoms with E-state index in [0.717, 1.165) is 12.1 Å². The van der Waals surface area contributed by atoms with E-state index in [1.807, 2.05) is 0 Å². The van der Waals surface area contributed by atoms with E-state index in [4.69, 9.17) is 0 Å². The third kappa shape index (κ3) is 1.98. The summed E-state index contributed by atoms with van der Waals surface area (Å²) in [5.74, 6) is -1.78. The molecule has 2 aromatic rings. The van der Waals surface area contributed by atoms with E-state index >= 15 is 0 Å². The van der Waals surface area contributed by atoms with E-state index < -0.39 is 11.6 Å². The molecule has 1 aromatic heterocycles. The summed E-state index contributed by atoms with van der Waals surface area (Å²) < 4.78 is 27.1. The number of aldehydes is 1. The van der Waals surface area contributed by atoms with Crippen molar-refractivity contribution in [1.29, 1.82) is 0 Å². The van der Waals surface area contributed by atoms with E-state index in [9.17, 15) is 13.6 Å². The number of imidazole rings is 1. The van der Waals surface area contributed by atoms with Gasteiger partial charge in [-0.2, -0.15) is 0 Å². The molecule has 0 aliphatic heterocycles. The smallest absolute Gasteiger partial charge is 0.168 e. The fourth-order valence-electron chi connectivity index (χ4n) is 1.40. The van der Waals surface area contributed by atoms with Crippen LogP contribution in [0.1, 0.15) is 16.1 Å². The molecule has 2 rings (SSSR count). The lowest BCUT2D eigenvalue weighted by Crippen LogP contribution is -2.03. The normalized spacial score (nSPS) is 10.4. The summed E-state index contributed by atoms with van der Waals surface area (Å²) >= 11 is 0. The molecule has 1 aromatic carbocycles. The highest BCUT2D eigenvalue weighted by Crippen LogP contribution is 2.10. The van der Waals surface area contributed by atoms with Crippen LogP contribution in [0.5, 0.6) is 0 Å². The summed E-state index contributed by atoms with van der Waals surface area (Å²) in [5.41, 5.74) is 0.963. The molecule has 0 fully saturated rings. The Morgan fingerprint density at radius 1 is 1.31 bits per heavy atom. The molecule has 0 radical (unpaired) electrons. The zero-order valence-electron chi connectivity index (χ0n) is 8.23. The Bertz CT molecular complexity index is 522. The van der Waals surface area contributed by atoms with E-state index in [1.54, 1.807) is 4.57 Å². The van der Waals surface area contributed by atoms with Gasteiger partial charge in [0, 0.05) is 6.54 Å². The van der Waals surface area contributed by atoms with Crippen LogP contribution in [-0.2, 0) is 6.54 Å². The molecule has 0 aliphatic rings. The van der Waals surface area contributed by atoms with E-state index in [-0.39, 0.29) is 6.54 Å². The minimum atomic E-state index is -0.898. The molecule has 0 saturated carbocycles. The van der Waals surface area contributed by atoms with Crippen molar-refractivity contribution in [1.82, 2.24) is 9.55 Å². The predicted molar refractivity (Wildman–Crippen MR) is 53.1 cm³/mol. The Morgan fingerprint density at radius 2 is 2.12 bits per heavy atom. The first-order valence-corrected chi connectivity index (χ1v) is 4.60. The highest BCUT2D eigenvalue weighted by Gasteiger charge is 2.05. The first-order valence-electron chi connectivity index (χ1n) is 4.60. The van der Waals surface area contributed by atoms with Crippen LogP contribution in [0.3, 0.4) is 0 Å². The lowest BCUT2D eigenvalue weighted by molar-refractivity contribution is 0.111. The van der Waals surface area contributed by atoms with Crippen molar-refractivity contribution in [2.24, 2.45) is 0 Å². The largest absolute Gasteiger partial charge is 0.324 e. The summed E-state index contributed by atoms with van der Waals surface area (Å²) in [7, 11) is 0. The fraction of sp³-hybridized carbons (Fsp3) is 0.0909. The van der Waals surface area contributed by atoms with Gasteiger partial charge in [0.1, 0.15) is 5.69 Å². The van der Waals surface area contributed by atoms with Crippen molar-refractivity contribution in [2.75, 3.05) is 0 Å². The zero-order chi connectivity index (χ0) is 11.5. The maximum absolute atomic E-state index is 12.9. The monoisotopic (exact) mass is 222 g/mol. The van der Waals surface area contributed by atoms with Gasteiger partial charge in [0.05, 0.1) is 12.5 Å². The Balaban J connectivity index is 2.27. The molecule has 1 heterocycles. The van der Waals surface area contributed by atoms with Crippen molar-refractivity contribution >= 4 is 6.29 Å². The number of halogens is 2. The maximum atomic E-state index is 12.9. The van der Waals surface area contributed by atoms with Gasteiger partial charge in [0.2, 0.25) is 0 Å². The number of rotatable bonds is 3. The second-order valence-corrected chi connectivity index (χ2v) is 3.31. The number of carbonyl (C=O) groups excluding carboxylic acids is 1. The minimum absolute atomic E-state index is 0.283. The van der Waals surface area contributed by atoms with Gasteiger partial charge in [-0.15, -0.1) is 0 Å². The summed E-state index contributed by atoms with van der Waals surface area (Å²) in [4.78, 5) is 14.4. The van der Waals surface area contributed by atoms with Crippen LogP contribution in [0.4, 0.5) is 8.78 Å². The Hall–Kier alpha value is -2.04. The van der Waals surface area contributed by atoms with Gasteiger partial charge in [-0.25, -0.2) is 13.8 Å². The summed E-state index contributed by atoms with van der Waals surface area (Å²) in [6, 6.07) is 3.62. The van der Waals surface area contributed by atoms with Gasteiger partial charge < -0.3 is 4.57 Å². The van der Waals surface area contributed by atoms with Crippen molar-refractivity contribution in [3.8, 4) is 0 Å². The molecule has 0 unspecified atom stereocenters. The number of hydrogen-bond donors (Lipinski definition) is 0. The molecule has 0 amide bonds. The van der Waals surface area contributed by atoms with Crippen molar-refractivity contribution in [3.05, 3.63) is 53.6 Å². The van der Waals surface area contributed by atoms with Crippen LogP contribution in [0.25, 0.3) is 0 Å². The van der Waals surface area contributed by atoms with Crippen LogP contribution in [0, 0.1) is 11.6 Å². The Labute approximate surface area is 90.3 Å². The number of nitrogens with zero attached hydrogens (tertiary/aromatic N) is 2. The number of benzene rings is 1. The zero-order valence-corrected chi connectivity index (χ0v) is 8.23. The third-order valence-corrected chi connectivity index (χ3v) is 2.20. The molecule has 0 bridgehead atoms. The Morgan fingerprint density at radius 3 is 2.81 bits per heavy atom. The van der Waals surface area contributed by atoms with E-state index in [2.05, 4.69) is 4.98 Å². The van der Waals surface area contributed by atoms with Crippen LogP contribution >= 0.6 is 0 Å². The van der Waals surface area contributed by atoms with Gasteiger partial charge in [-0.05, 0) is 17.7 Å². The van der Waals surface area contributed by atoms with Gasteiger partial charge >= 0.3 is 0 Å².